The van der Waals surface area contributed by atoms with E-state index in [-0.39, 0.29) is 18.0 Å². The fourth-order valence-corrected chi connectivity index (χ4v) is 2.50. The monoisotopic (exact) mass is 320 g/mol. The van der Waals surface area contributed by atoms with Gasteiger partial charge in [0.1, 0.15) is 11.6 Å². The number of Topliss-reactive ketones (excluding diaryl/α,β-unsaturated/α-hetero) is 2. The Balaban J connectivity index is 3.28. The molecule has 0 aromatic heterocycles. The molecule has 0 spiro atoms. The molecule has 0 amide bonds. The van der Waals surface area contributed by atoms with Crippen LogP contribution in [0.3, 0.4) is 0 Å². The summed E-state index contributed by atoms with van der Waals surface area (Å²) in [6.45, 7) is 3.72. The molecular formula is C21H36O2. The molecule has 0 heterocycles. The molecule has 0 N–H and O–H groups in total. The molecule has 0 aliphatic heterocycles. The molecule has 0 bridgehead atoms. The Bertz CT molecular complexity index is 353. The molecule has 0 aromatic rings. The normalized spacial score (nSPS) is 11.6. The van der Waals surface area contributed by atoms with Gasteiger partial charge in [0.25, 0.3) is 0 Å². The van der Waals surface area contributed by atoms with Gasteiger partial charge in [-0.1, -0.05) is 63.3 Å². The van der Waals surface area contributed by atoms with E-state index >= 15 is 0 Å². The standard InChI is InChI=1S/C21H36O2/c1-3-4-5-6-7-8-9-10-11-12-13-14-15-16-17-18-21(23)19-20(2)22/h7-8,10-11H,3-6,9,12-19H2,1-2H3/b8-7+,11-10+. The lowest BCUT2D eigenvalue weighted by atomic mass is 10.1. The van der Waals surface area contributed by atoms with Gasteiger partial charge >= 0.3 is 0 Å². The lowest BCUT2D eigenvalue weighted by Crippen LogP contribution is -2.03. The van der Waals surface area contributed by atoms with E-state index in [1.54, 1.807) is 0 Å². The highest BCUT2D eigenvalue weighted by molar-refractivity contribution is 5.97. The van der Waals surface area contributed by atoms with E-state index in [1.165, 1.54) is 51.9 Å². The van der Waals surface area contributed by atoms with E-state index in [2.05, 4.69) is 31.2 Å². The molecule has 0 saturated heterocycles. The Morgan fingerprint density at radius 2 is 1.30 bits per heavy atom. The van der Waals surface area contributed by atoms with Gasteiger partial charge in [-0.05, 0) is 45.4 Å². The topological polar surface area (TPSA) is 34.1 Å². The highest BCUT2D eigenvalue weighted by Crippen LogP contribution is 2.09. The second-order valence-electron chi connectivity index (χ2n) is 6.40. The van der Waals surface area contributed by atoms with E-state index in [0.29, 0.717) is 6.42 Å². The van der Waals surface area contributed by atoms with Gasteiger partial charge in [-0.3, -0.25) is 9.59 Å². The average molecular weight is 321 g/mol. The molecular weight excluding hydrogens is 284 g/mol. The van der Waals surface area contributed by atoms with Crippen LogP contribution in [0.2, 0.25) is 0 Å². The molecule has 2 heteroatoms. The maximum absolute atomic E-state index is 11.4. The molecule has 23 heavy (non-hydrogen) atoms. The van der Waals surface area contributed by atoms with Crippen molar-refractivity contribution in [3.05, 3.63) is 24.3 Å². The summed E-state index contributed by atoms with van der Waals surface area (Å²) in [6.07, 6.45) is 22.9. The molecule has 0 aliphatic rings. The first kappa shape index (κ1) is 21.8. The SMILES string of the molecule is CCCCC/C=C/C/C=C/CCCCCCCC(=O)CC(C)=O. The molecule has 0 rings (SSSR count). The zero-order chi connectivity index (χ0) is 17.2. The van der Waals surface area contributed by atoms with Crippen molar-refractivity contribution in [1.82, 2.24) is 0 Å². The van der Waals surface area contributed by atoms with Crippen LogP contribution in [-0.4, -0.2) is 11.6 Å². The quantitative estimate of drug-likeness (QED) is 0.189. The van der Waals surface area contributed by atoms with Crippen LogP contribution in [0.25, 0.3) is 0 Å². The molecule has 0 fully saturated rings. The molecule has 0 atom stereocenters. The van der Waals surface area contributed by atoms with Crippen LogP contribution in [0.5, 0.6) is 0 Å². The fraction of sp³-hybridized carbons (Fsp3) is 0.714. The van der Waals surface area contributed by atoms with E-state index in [1.807, 2.05) is 0 Å². The molecule has 132 valence electrons. The largest absolute Gasteiger partial charge is 0.300 e. The predicted octanol–water partition coefficient (Wildman–Crippen LogP) is 6.35. The summed E-state index contributed by atoms with van der Waals surface area (Å²) in [7, 11) is 0. The van der Waals surface area contributed by atoms with E-state index < -0.39 is 0 Å². The van der Waals surface area contributed by atoms with Gasteiger partial charge in [0.05, 0.1) is 6.42 Å². The Hall–Kier alpha value is -1.18. The third-order valence-electron chi connectivity index (χ3n) is 3.85. The minimum atomic E-state index is -0.0161. The summed E-state index contributed by atoms with van der Waals surface area (Å²) in [4.78, 5) is 22.1. The zero-order valence-electron chi connectivity index (χ0n) is 15.3. The van der Waals surface area contributed by atoms with Crippen molar-refractivity contribution in [2.75, 3.05) is 0 Å². The van der Waals surface area contributed by atoms with Crippen molar-refractivity contribution >= 4 is 11.6 Å². The van der Waals surface area contributed by atoms with Crippen molar-refractivity contribution in [2.45, 2.75) is 97.3 Å². The number of hydrogen-bond acceptors (Lipinski definition) is 2. The van der Waals surface area contributed by atoms with Gasteiger partial charge in [-0.25, -0.2) is 0 Å². The molecule has 0 unspecified atom stereocenters. The van der Waals surface area contributed by atoms with Crippen molar-refractivity contribution in [3.8, 4) is 0 Å². The Labute approximate surface area is 143 Å². The number of ketones is 2. The first-order chi connectivity index (χ1) is 11.2. The minimum Gasteiger partial charge on any atom is -0.300 e. The lowest BCUT2D eigenvalue weighted by molar-refractivity contribution is -0.125. The third-order valence-corrected chi connectivity index (χ3v) is 3.85. The molecule has 2 nitrogen and oxygen atoms in total. The number of allylic oxidation sites excluding steroid dienone is 4. The zero-order valence-corrected chi connectivity index (χ0v) is 15.3. The molecule has 0 saturated carbocycles. The highest BCUT2D eigenvalue weighted by Gasteiger charge is 2.04. The van der Waals surface area contributed by atoms with Crippen molar-refractivity contribution in [1.29, 1.82) is 0 Å². The lowest BCUT2D eigenvalue weighted by Gasteiger charge is -2.00. The van der Waals surface area contributed by atoms with Gasteiger partial charge in [-0.15, -0.1) is 0 Å². The van der Waals surface area contributed by atoms with Gasteiger partial charge in [0, 0.05) is 6.42 Å². The number of hydrogen-bond donors (Lipinski definition) is 0. The molecule has 0 radical (unpaired) electrons. The van der Waals surface area contributed by atoms with Crippen LogP contribution >= 0.6 is 0 Å². The summed E-state index contributed by atoms with van der Waals surface area (Å²) < 4.78 is 0. The van der Waals surface area contributed by atoms with Gasteiger partial charge in [-0.2, -0.15) is 0 Å². The summed E-state index contributed by atoms with van der Waals surface area (Å²) in [5.74, 6) is 0.0840. The molecule has 0 aromatic carbocycles. The number of rotatable bonds is 16. The highest BCUT2D eigenvalue weighted by atomic mass is 16.1. The summed E-state index contributed by atoms with van der Waals surface area (Å²) in [5, 5.41) is 0. The first-order valence-corrected chi connectivity index (χ1v) is 9.48. The van der Waals surface area contributed by atoms with Crippen molar-refractivity contribution < 1.29 is 9.59 Å². The maximum Gasteiger partial charge on any atom is 0.140 e. The predicted molar refractivity (Wildman–Crippen MR) is 99.7 cm³/mol. The fourth-order valence-electron chi connectivity index (χ4n) is 2.50. The summed E-state index contributed by atoms with van der Waals surface area (Å²) >= 11 is 0. The van der Waals surface area contributed by atoms with Crippen LogP contribution in [-0.2, 0) is 9.59 Å². The Morgan fingerprint density at radius 1 is 0.739 bits per heavy atom. The van der Waals surface area contributed by atoms with E-state index in [0.717, 1.165) is 25.7 Å². The van der Waals surface area contributed by atoms with Crippen LogP contribution in [0, 0.1) is 0 Å². The van der Waals surface area contributed by atoms with E-state index in [4.69, 9.17) is 0 Å². The smallest absolute Gasteiger partial charge is 0.140 e. The molecule has 0 aliphatic carbocycles. The second kappa shape index (κ2) is 17.2. The number of carbonyl (C=O) groups excluding carboxylic acids is 2. The Morgan fingerprint density at radius 3 is 1.91 bits per heavy atom. The van der Waals surface area contributed by atoms with Gasteiger partial charge in [0.15, 0.2) is 0 Å². The number of unbranched alkanes of at least 4 members (excludes halogenated alkanes) is 8. The first-order valence-electron chi connectivity index (χ1n) is 9.48. The van der Waals surface area contributed by atoms with Crippen LogP contribution in [0.15, 0.2) is 24.3 Å². The summed E-state index contributed by atoms with van der Waals surface area (Å²) in [6, 6.07) is 0. The van der Waals surface area contributed by atoms with Crippen LogP contribution in [0.4, 0.5) is 0 Å². The van der Waals surface area contributed by atoms with Gasteiger partial charge in [0.2, 0.25) is 0 Å². The van der Waals surface area contributed by atoms with Crippen molar-refractivity contribution in [2.24, 2.45) is 0 Å². The van der Waals surface area contributed by atoms with Crippen LogP contribution in [0.1, 0.15) is 97.3 Å². The maximum atomic E-state index is 11.4. The second-order valence-corrected chi connectivity index (χ2v) is 6.40. The van der Waals surface area contributed by atoms with E-state index in [9.17, 15) is 9.59 Å². The van der Waals surface area contributed by atoms with Crippen LogP contribution < -0.4 is 0 Å². The number of carbonyl (C=O) groups is 2. The van der Waals surface area contributed by atoms with Crippen molar-refractivity contribution in [3.63, 3.8) is 0 Å². The average Bonchev–Trinajstić information content (AvgIpc) is 2.50. The summed E-state index contributed by atoms with van der Waals surface area (Å²) in [5.41, 5.74) is 0. The third kappa shape index (κ3) is 18.8. The Kier molecular flexibility index (Phi) is 16.3. The minimum absolute atomic E-state index is 0.0161. The van der Waals surface area contributed by atoms with Gasteiger partial charge < -0.3 is 0 Å².